The van der Waals surface area contributed by atoms with Gasteiger partial charge in [0.05, 0.1) is 20.3 Å². The summed E-state index contributed by atoms with van der Waals surface area (Å²) in [5.41, 5.74) is 0.712. The summed E-state index contributed by atoms with van der Waals surface area (Å²) in [7, 11) is 1.58. The molecule has 110 valence electrons. The Balaban J connectivity index is 1.85. The van der Waals surface area contributed by atoms with Crippen LogP contribution in [0.1, 0.15) is 19.8 Å². The van der Waals surface area contributed by atoms with Crippen LogP contribution in [-0.4, -0.2) is 32.7 Å². The summed E-state index contributed by atoms with van der Waals surface area (Å²) in [6.07, 6.45) is 2.56. The van der Waals surface area contributed by atoms with Crippen molar-refractivity contribution in [2.24, 2.45) is 5.92 Å². The van der Waals surface area contributed by atoms with Crippen LogP contribution in [0.2, 0.25) is 0 Å². The molecule has 20 heavy (non-hydrogen) atoms. The molecule has 1 aliphatic carbocycles. The summed E-state index contributed by atoms with van der Waals surface area (Å²) in [4.78, 5) is 11.8. The highest BCUT2D eigenvalue weighted by molar-refractivity contribution is 5.92. The number of rotatable bonds is 8. The van der Waals surface area contributed by atoms with Gasteiger partial charge in [-0.1, -0.05) is 0 Å². The number of hydrogen-bond donors (Lipinski definition) is 2. The number of nitrogens with one attached hydrogen (secondary N) is 2. The quantitative estimate of drug-likeness (QED) is 0.764. The van der Waals surface area contributed by atoms with Gasteiger partial charge < -0.3 is 20.1 Å². The first-order valence-electron chi connectivity index (χ1n) is 7.04. The average Bonchev–Trinajstić information content (AvgIpc) is 3.25. The number of hydrogen-bond acceptors (Lipinski definition) is 4. The van der Waals surface area contributed by atoms with E-state index in [0.717, 1.165) is 12.5 Å². The summed E-state index contributed by atoms with van der Waals surface area (Å²) in [6, 6.07) is 5.38. The van der Waals surface area contributed by atoms with Crippen LogP contribution in [0.4, 0.5) is 5.69 Å². The highest BCUT2D eigenvalue weighted by Crippen LogP contribution is 2.30. The maximum absolute atomic E-state index is 11.8. The Bertz CT molecular complexity index is 458. The summed E-state index contributed by atoms with van der Waals surface area (Å²) < 4.78 is 10.7. The molecule has 0 atom stereocenters. The van der Waals surface area contributed by atoms with Crippen LogP contribution in [0.25, 0.3) is 0 Å². The van der Waals surface area contributed by atoms with Crippen LogP contribution in [0.15, 0.2) is 18.2 Å². The van der Waals surface area contributed by atoms with E-state index < -0.39 is 0 Å². The van der Waals surface area contributed by atoms with Gasteiger partial charge in [0.15, 0.2) is 11.5 Å². The molecule has 1 saturated carbocycles. The zero-order chi connectivity index (χ0) is 14.4. The van der Waals surface area contributed by atoms with E-state index in [1.54, 1.807) is 19.2 Å². The fourth-order valence-electron chi connectivity index (χ4n) is 1.94. The van der Waals surface area contributed by atoms with E-state index in [1.165, 1.54) is 12.8 Å². The summed E-state index contributed by atoms with van der Waals surface area (Å²) in [6.45, 7) is 3.76. The van der Waals surface area contributed by atoms with Crippen molar-refractivity contribution < 1.29 is 14.3 Å². The molecular formula is C15H22N2O3. The molecule has 0 aromatic heterocycles. The molecule has 2 rings (SSSR count). The third-order valence-electron chi connectivity index (χ3n) is 3.16. The minimum atomic E-state index is -0.0446. The molecule has 0 heterocycles. The molecule has 1 aromatic rings. The Kier molecular flexibility index (Phi) is 5.24. The van der Waals surface area contributed by atoms with Gasteiger partial charge in [-0.05, 0) is 44.4 Å². The number of amides is 1. The molecule has 0 bridgehead atoms. The molecule has 5 nitrogen and oxygen atoms in total. The fourth-order valence-corrected chi connectivity index (χ4v) is 1.94. The van der Waals surface area contributed by atoms with Crippen molar-refractivity contribution >= 4 is 11.6 Å². The van der Waals surface area contributed by atoms with E-state index in [-0.39, 0.29) is 5.91 Å². The minimum absolute atomic E-state index is 0.0446. The van der Waals surface area contributed by atoms with Gasteiger partial charge in [0.25, 0.3) is 0 Å². The molecular weight excluding hydrogens is 256 g/mol. The van der Waals surface area contributed by atoms with Crippen molar-refractivity contribution in [3.8, 4) is 11.5 Å². The summed E-state index contributed by atoms with van der Waals surface area (Å²) in [5, 5.41) is 6.00. The number of benzene rings is 1. The molecule has 0 saturated heterocycles. The number of ether oxygens (including phenoxy) is 2. The third-order valence-corrected chi connectivity index (χ3v) is 3.16. The van der Waals surface area contributed by atoms with E-state index in [2.05, 4.69) is 10.6 Å². The van der Waals surface area contributed by atoms with Crippen LogP contribution in [0.3, 0.4) is 0 Å². The maximum Gasteiger partial charge on any atom is 0.238 e. The van der Waals surface area contributed by atoms with Crippen molar-refractivity contribution in [1.29, 1.82) is 0 Å². The predicted molar refractivity (Wildman–Crippen MR) is 78.4 cm³/mol. The Morgan fingerprint density at radius 2 is 2.15 bits per heavy atom. The van der Waals surface area contributed by atoms with Crippen molar-refractivity contribution in [3.05, 3.63) is 18.2 Å². The lowest BCUT2D eigenvalue weighted by atomic mass is 10.2. The molecule has 0 unspecified atom stereocenters. The zero-order valence-corrected chi connectivity index (χ0v) is 12.1. The summed E-state index contributed by atoms with van der Waals surface area (Å²) in [5.74, 6) is 2.03. The Morgan fingerprint density at radius 3 is 2.80 bits per heavy atom. The van der Waals surface area contributed by atoms with Gasteiger partial charge >= 0.3 is 0 Å². The second-order valence-corrected chi connectivity index (χ2v) is 4.92. The first-order valence-corrected chi connectivity index (χ1v) is 7.04. The topological polar surface area (TPSA) is 59.6 Å². The van der Waals surface area contributed by atoms with Crippen molar-refractivity contribution in [3.63, 3.8) is 0 Å². The molecule has 1 fully saturated rings. The largest absolute Gasteiger partial charge is 0.493 e. The van der Waals surface area contributed by atoms with Gasteiger partial charge in [-0.2, -0.15) is 0 Å². The van der Waals surface area contributed by atoms with Crippen LogP contribution in [0.5, 0.6) is 11.5 Å². The Labute approximate surface area is 119 Å². The van der Waals surface area contributed by atoms with E-state index >= 15 is 0 Å². The van der Waals surface area contributed by atoms with Gasteiger partial charge in [0.1, 0.15) is 0 Å². The third kappa shape index (κ3) is 4.42. The maximum atomic E-state index is 11.8. The molecule has 2 N–H and O–H groups in total. The van der Waals surface area contributed by atoms with E-state index in [9.17, 15) is 4.79 Å². The second kappa shape index (κ2) is 7.14. The van der Waals surface area contributed by atoms with Gasteiger partial charge in [-0.3, -0.25) is 4.79 Å². The van der Waals surface area contributed by atoms with E-state index in [4.69, 9.17) is 9.47 Å². The lowest BCUT2D eigenvalue weighted by Crippen LogP contribution is -2.29. The second-order valence-electron chi connectivity index (χ2n) is 4.92. The van der Waals surface area contributed by atoms with Crippen LogP contribution < -0.4 is 20.1 Å². The van der Waals surface area contributed by atoms with Gasteiger partial charge in [0.2, 0.25) is 5.91 Å². The van der Waals surface area contributed by atoms with Gasteiger partial charge in [0, 0.05) is 11.8 Å². The van der Waals surface area contributed by atoms with Gasteiger partial charge in [-0.15, -0.1) is 0 Å². The average molecular weight is 278 g/mol. The smallest absolute Gasteiger partial charge is 0.238 e. The van der Waals surface area contributed by atoms with Crippen molar-refractivity contribution in [2.75, 3.05) is 32.1 Å². The van der Waals surface area contributed by atoms with E-state index in [0.29, 0.717) is 30.3 Å². The molecule has 0 aliphatic heterocycles. The monoisotopic (exact) mass is 278 g/mol. The lowest BCUT2D eigenvalue weighted by Gasteiger charge is -2.12. The zero-order valence-electron chi connectivity index (χ0n) is 12.1. The normalized spacial score (nSPS) is 13.9. The number of methoxy groups -OCH3 is 1. The van der Waals surface area contributed by atoms with Crippen molar-refractivity contribution in [1.82, 2.24) is 5.32 Å². The predicted octanol–water partition coefficient (Wildman–Crippen LogP) is 2.03. The summed E-state index contributed by atoms with van der Waals surface area (Å²) >= 11 is 0. The van der Waals surface area contributed by atoms with Crippen LogP contribution in [-0.2, 0) is 4.79 Å². The SMILES string of the molecule is CCOc1ccc(NC(=O)CNCC2CC2)cc1OC. The minimum Gasteiger partial charge on any atom is -0.493 e. The molecule has 1 amide bonds. The Morgan fingerprint density at radius 1 is 1.35 bits per heavy atom. The molecule has 1 aliphatic rings. The fraction of sp³-hybridized carbons (Fsp3) is 0.533. The standard InChI is InChI=1S/C15H22N2O3/c1-3-20-13-7-6-12(8-14(13)19-2)17-15(18)10-16-9-11-4-5-11/h6-8,11,16H,3-5,9-10H2,1-2H3,(H,17,18). The Hall–Kier alpha value is -1.75. The van der Waals surface area contributed by atoms with Crippen LogP contribution in [0, 0.1) is 5.92 Å². The lowest BCUT2D eigenvalue weighted by molar-refractivity contribution is -0.115. The first-order chi connectivity index (χ1) is 9.72. The van der Waals surface area contributed by atoms with Crippen molar-refractivity contribution in [2.45, 2.75) is 19.8 Å². The first kappa shape index (κ1) is 14.7. The molecule has 5 heteroatoms. The van der Waals surface area contributed by atoms with Gasteiger partial charge in [-0.25, -0.2) is 0 Å². The highest BCUT2D eigenvalue weighted by atomic mass is 16.5. The molecule has 0 spiro atoms. The van der Waals surface area contributed by atoms with E-state index in [1.807, 2.05) is 13.0 Å². The number of anilines is 1. The number of carbonyl (C=O) groups excluding carboxylic acids is 1. The number of carbonyl (C=O) groups is 1. The highest BCUT2D eigenvalue weighted by Gasteiger charge is 2.20. The van der Waals surface area contributed by atoms with Crippen LogP contribution >= 0.6 is 0 Å². The molecule has 1 aromatic carbocycles. The molecule has 0 radical (unpaired) electrons.